The van der Waals surface area contributed by atoms with Crippen LogP contribution in [0.5, 0.6) is 0 Å². The maximum absolute atomic E-state index is 10.7. The predicted octanol–water partition coefficient (Wildman–Crippen LogP) is 13.3. The third-order valence-electron chi connectivity index (χ3n) is 11.1. The van der Waals surface area contributed by atoms with Gasteiger partial charge in [-0.15, -0.1) is 0 Å². The van der Waals surface area contributed by atoms with E-state index in [1.54, 1.807) is 18.2 Å². The van der Waals surface area contributed by atoms with Crippen molar-refractivity contribution in [1.29, 1.82) is 15.8 Å². The molecule has 10 rings (SSSR count). The Morgan fingerprint density at radius 1 is 0.387 bits per heavy atom. The van der Waals surface area contributed by atoms with Gasteiger partial charge in [0.1, 0.15) is 6.07 Å². The molecule has 62 heavy (non-hydrogen) atoms. The lowest BCUT2D eigenvalue weighted by Crippen LogP contribution is -2.09. The van der Waals surface area contributed by atoms with E-state index in [9.17, 15) is 15.8 Å². The first-order valence-corrected chi connectivity index (χ1v) is 20.1. The second-order valence-corrected chi connectivity index (χ2v) is 14.8. The van der Waals surface area contributed by atoms with Crippen LogP contribution in [-0.2, 0) is 0 Å². The summed E-state index contributed by atoms with van der Waals surface area (Å²) in [7, 11) is 0. The van der Waals surface area contributed by atoms with Gasteiger partial charge in [-0.25, -0.2) is 9.97 Å². The summed E-state index contributed by atoms with van der Waals surface area (Å²) in [5.74, 6) is 0.473. The highest BCUT2D eigenvalue weighted by Crippen LogP contribution is 2.40. The molecule has 0 aliphatic carbocycles. The van der Waals surface area contributed by atoms with Crippen molar-refractivity contribution in [3.05, 3.63) is 217 Å². The molecule has 2 heterocycles. The van der Waals surface area contributed by atoms with Crippen LogP contribution in [0.3, 0.4) is 0 Å². The van der Waals surface area contributed by atoms with E-state index in [0.29, 0.717) is 33.9 Å². The zero-order valence-corrected chi connectivity index (χ0v) is 33.2. The van der Waals surface area contributed by atoms with Gasteiger partial charge in [0.05, 0.1) is 56.9 Å². The van der Waals surface area contributed by atoms with Crippen molar-refractivity contribution in [2.75, 3.05) is 4.90 Å². The molecule has 0 N–H and O–H groups in total. The van der Waals surface area contributed by atoms with Crippen molar-refractivity contribution in [2.24, 2.45) is 0 Å². The first-order chi connectivity index (χ1) is 30.6. The third kappa shape index (κ3) is 6.87. The zero-order chi connectivity index (χ0) is 42.0. The average Bonchev–Trinajstić information content (AvgIpc) is 3.68. The summed E-state index contributed by atoms with van der Waals surface area (Å²) in [5, 5.41) is 32.0. The highest BCUT2D eigenvalue weighted by molar-refractivity contribution is 6.11. The lowest BCUT2D eigenvalue weighted by atomic mass is 9.99. The van der Waals surface area contributed by atoms with E-state index in [2.05, 4.69) is 119 Å². The second kappa shape index (κ2) is 15.9. The van der Waals surface area contributed by atoms with Crippen molar-refractivity contribution in [1.82, 2.24) is 14.5 Å². The van der Waals surface area contributed by atoms with Gasteiger partial charge in [-0.1, -0.05) is 109 Å². The summed E-state index contributed by atoms with van der Waals surface area (Å²) < 4.78 is 2.19. The fourth-order valence-electron chi connectivity index (χ4n) is 8.14. The zero-order valence-electron chi connectivity index (χ0n) is 33.2. The number of nitrogens with zero attached hydrogens (tertiary/aromatic N) is 7. The Morgan fingerprint density at radius 3 is 1.65 bits per heavy atom. The highest BCUT2D eigenvalue weighted by Gasteiger charge is 2.19. The lowest BCUT2D eigenvalue weighted by Gasteiger charge is -2.25. The largest absolute Gasteiger partial charge is 0.310 e. The van der Waals surface area contributed by atoms with E-state index in [1.807, 2.05) is 91.0 Å². The normalized spacial score (nSPS) is 10.9. The van der Waals surface area contributed by atoms with Gasteiger partial charge in [0.25, 0.3) is 0 Å². The number of benzene rings is 8. The SMILES string of the molecule is N#Cc1cccc(-c2cc(-c3ccc(-c4ccc(-n5c6ccccc6c6cc(N(c7ccccc7)c7ccccc7)ccc65)c(C#N)c4)cc3)nc(-c3cccc(C#N)c3)n2)c1. The van der Waals surface area contributed by atoms with E-state index in [4.69, 9.17) is 9.97 Å². The molecule has 0 saturated heterocycles. The molecule has 0 aliphatic heterocycles. The minimum absolute atomic E-state index is 0.473. The Morgan fingerprint density at radius 2 is 0.968 bits per heavy atom. The Balaban J connectivity index is 1.03. The molecule has 0 saturated carbocycles. The Labute approximate surface area is 358 Å². The Bertz CT molecular complexity index is 3330. The van der Waals surface area contributed by atoms with Gasteiger partial charge < -0.3 is 9.47 Å². The number of anilines is 3. The molecule has 288 valence electrons. The molecule has 0 atom stereocenters. The first kappa shape index (κ1) is 37.2. The molecule has 0 aliphatic rings. The van der Waals surface area contributed by atoms with Crippen LogP contribution < -0.4 is 4.90 Å². The maximum atomic E-state index is 10.7. The van der Waals surface area contributed by atoms with E-state index in [-0.39, 0.29) is 0 Å². The molecule has 7 nitrogen and oxygen atoms in total. The summed E-state index contributed by atoms with van der Waals surface area (Å²) in [4.78, 5) is 12.1. The van der Waals surface area contributed by atoms with Crippen LogP contribution in [0.2, 0.25) is 0 Å². The van der Waals surface area contributed by atoms with Crippen molar-refractivity contribution in [3.8, 4) is 68.9 Å². The van der Waals surface area contributed by atoms with Crippen LogP contribution in [0.1, 0.15) is 16.7 Å². The molecule has 0 spiro atoms. The fourth-order valence-corrected chi connectivity index (χ4v) is 8.14. The molecule has 0 radical (unpaired) electrons. The van der Waals surface area contributed by atoms with Crippen LogP contribution in [0.4, 0.5) is 17.1 Å². The monoisotopic (exact) mass is 791 g/mol. The second-order valence-electron chi connectivity index (χ2n) is 14.8. The van der Waals surface area contributed by atoms with Crippen LogP contribution in [-0.4, -0.2) is 14.5 Å². The van der Waals surface area contributed by atoms with Crippen molar-refractivity contribution in [2.45, 2.75) is 0 Å². The van der Waals surface area contributed by atoms with Gasteiger partial charge >= 0.3 is 0 Å². The molecule has 0 unspecified atom stereocenters. The van der Waals surface area contributed by atoms with Crippen molar-refractivity contribution >= 4 is 38.9 Å². The summed E-state index contributed by atoms with van der Waals surface area (Å²) in [5.41, 5.74) is 13.2. The molecule has 0 fully saturated rings. The molecular weight excluding hydrogens is 759 g/mol. The minimum atomic E-state index is 0.473. The van der Waals surface area contributed by atoms with Gasteiger partial charge in [0.2, 0.25) is 0 Å². The molecule has 10 aromatic rings. The minimum Gasteiger partial charge on any atom is -0.310 e. The number of fused-ring (bicyclic) bond motifs is 3. The third-order valence-corrected chi connectivity index (χ3v) is 11.1. The van der Waals surface area contributed by atoms with E-state index >= 15 is 0 Å². The summed E-state index contributed by atoms with van der Waals surface area (Å²) >= 11 is 0. The van der Waals surface area contributed by atoms with Gasteiger partial charge in [-0.2, -0.15) is 15.8 Å². The molecule has 7 heteroatoms. The fraction of sp³-hybridized carbons (Fsp3) is 0. The standard InChI is InChI=1S/C55H33N7/c56-34-37-11-9-13-42(29-37)51-33-50(59-55(60-51)43-14-10-12-38(30-43)35-57)40-23-21-39(22-24-40)41-25-27-52(44(31-41)36-58)62-53-20-8-7-19-48(53)49-32-47(26-28-54(49)62)61(45-15-3-1-4-16-45)46-17-5-2-6-18-46/h1-33H. The van der Waals surface area contributed by atoms with Crippen LogP contribution in [0, 0.1) is 34.0 Å². The molecule has 2 aromatic heterocycles. The topological polar surface area (TPSA) is 105 Å². The highest BCUT2D eigenvalue weighted by atomic mass is 15.1. The van der Waals surface area contributed by atoms with Crippen molar-refractivity contribution in [3.63, 3.8) is 0 Å². The van der Waals surface area contributed by atoms with Crippen molar-refractivity contribution < 1.29 is 0 Å². The van der Waals surface area contributed by atoms with Gasteiger partial charge in [0, 0.05) is 44.5 Å². The quantitative estimate of drug-likeness (QED) is 0.152. The number of hydrogen-bond donors (Lipinski definition) is 0. The molecule has 0 amide bonds. The van der Waals surface area contributed by atoms with Gasteiger partial charge in [-0.05, 0) is 102 Å². The molecular formula is C55H33N7. The van der Waals surface area contributed by atoms with Crippen LogP contribution >= 0.6 is 0 Å². The summed E-state index contributed by atoms with van der Waals surface area (Å²) in [6, 6.07) is 73.2. The maximum Gasteiger partial charge on any atom is 0.160 e. The lowest BCUT2D eigenvalue weighted by molar-refractivity contribution is 1.17. The van der Waals surface area contributed by atoms with Gasteiger partial charge in [-0.3, -0.25) is 0 Å². The first-order valence-electron chi connectivity index (χ1n) is 20.1. The number of hydrogen-bond acceptors (Lipinski definition) is 6. The van der Waals surface area contributed by atoms with E-state index < -0.39 is 0 Å². The van der Waals surface area contributed by atoms with E-state index in [0.717, 1.165) is 72.4 Å². The van der Waals surface area contributed by atoms with Crippen LogP contribution in [0.25, 0.3) is 72.5 Å². The van der Waals surface area contributed by atoms with Crippen LogP contribution in [0.15, 0.2) is 200 Å². The summed E-state index contributed by atoms with van der Waals surface area (Å²) in [6.07, 6.45) is 0. The summed E-state index contributed by atoms with van der Waals surface area (Å²) in [6.45, 7) is 0. The van der Waals surface area contributed by atoms with Gasteiger partial charge in [0.15, 0.2) is 5.82 Å². The molecule has 0 bridgehead atoms. The predicted molar refractivity (Wildman–Crippen MR) is 247 cm³/mol. The number of aromatic nitrogens is 3. The number of rotatable bonds is 8. The smallest absolute Gasteiger partial charge is 0.160 e. The Kier molecular flexibility index (Phi) is 9.56. The number of para-hydroxylation sites is 3. The van der Waals surface area contributed by atoms with E-state index in [1.165, 1.54) is 0 Å². The average molecular weight is 792 g/mol. The molecule has 8 aromatic carbocycles. The Hall–Kier alpha value is -9.09. The number of nitriles is 3.